The summed E-state index contributed by atoms with van der Waals surface area (Å²) in [5.74, 6) is 1.20. The minimum absolute atomic E-state index is 0.133. The Balaban J connectivity index is 1.31. The van der Waals surface area contributed by atoms with Crippen LogP contribution in [0.1, 0.15) is 30.5 Å². The van der Waals surface area contributed by atoms with Crippen LogP contribution in [-0.4, -0.2) is 84.6 Å². The fourth-order valence-corrected chi connectivity index (χ4v) is 6.74. The van der Waals surface area contributed by atoms with Gasteiger partial charge in [-0.2, -0.15) is 15.2 Å². The molecule has 9 nitrogen and oxygen atoms in total. The second-order valence-electron chi connectivity index (χ2n) is 11.7. The molecule has 0 spiro atoms. The van der Waals surface area contributed by atoms with Crippen LogP contribution in [0, 0.1) is 17.2 Å². The van der Waals surface area contributed by atoms with Gasteiger partial charge in [-0.15, -0.1) is 0 Å². The highest BCUT2D eigenvalue weighted by atomic mass is 16.5. The minimum atomic E-state index is -0.224. The molecule has 9 heteroatoms. The van der Waals surface area contributed by atoms with Crippen molar-refractivity contribution in [1.82, 2.24) is 19.8 Å². The van der Waals surface area contributed by atoms with E-state index in [1.54, 1.807) is 4.90 Å². The summed E-state index contributed by atoms with van der Waals surface area (Å²) in [6.07, 6.45) is 4.72. The fraction of sp³-hybridized carbons (Fsp3) is 0.455. The van der Waals surface area contributed by atoms with Gasteiger partial charge >= 0.3 is 6.01 Å². The summed E-state index contributed by atoms with van der Waals surface area (Å²) in [6.45, 7) is 9.59. The SMILES string of the molecule is C=CC(=O)N1CCN(c2nc(OC[C@@H]3CCCN(C)C3)nc3c2CCN(c2cccc4ccccc24)C3)C[C@@H]1CC#N. The van der Waals surface area contributed by atoms with E-state index < -0.39 is 0 Å². The van der Waals surface area contributed by atoms with Gasteiger partial charge in [-0.1, -0.05) is 43.0 Å². The van der Waals surface area contributed by atoms with E-state index in [-0.39, 0.29) is 18.4 Å². The Labute approximate surface area is 248 Å². The predicted octanol–water partition coefficient (Wildman–Crippen LogP) is 4.03. The molecule has 3 aromatic rings. The van der Waals surface area contributed by atoms with Crippen LogP contribution in [0.4, 0.5) is 11.5 Å². The molecular formula is C33H39N7O2. The number of nitrogens with zero attached hydrogens (tertiary/aromatic N) is 7. The number of piperidine rings is 1. The molecule has 0 aliphatic carbocycles. The maximum Gasteiger partial charge on any atom is 0.318 e. The largest absolute Gasteiger partial charge is 0.463 e. The highest BCUT2D eigenvalue weighted by Crippen LogP contribution is 2.35. The Morgan fingerprint density at radius 1 is 1.10 bits per heavy atom. The van der Waals surface area contributed by atoms with E-state index in [4.69, 9.17) is 14.7 Å². The molecule has 42 heavy (non-hydrogen) atoms. The molecule has 0 unspecified atom stereocenters. The van der Waals surface area contributed by atoms with Crippen LogP contribution in [0.3, 0.4) is 0 Å². The van der Waals surface area contributed by atoms with Gasteiger partial charge in [-0.05, 0) is 50.4 Å². The fourth-order valence-electron chi connectivity index (χ4n) is 6.74. The number of nitriles is 1. The van der Waals surface area contributed by atoms with E-state index >= 15 is 0 Å². The number of benzene rings is 2. The average Bonchev–Trinajstić information content (AvgIpc) is 3.02. The summed E-state index contributed by atoms with van der Waals surface area (Å²) in [5, 5.41) is 12.0. The number of amides is 1. The molecule has 2 atom stereocenters. The van der Waals surface area contributed by atoms with Gasteiger partial charge in [0.1, 0.15) is 5.82 Å². The molecule has 1 amide bonds. The highest BCUT2D eigenvalue weighted by molar-refractivity contribution is 5.94. The Kier molecular flexibility index (Phi) is 8.24. The lowest BCUT2D eigenvalue weighted by Crippen LogP contribution is -2.55. The molecular weight excluding hydrogens is 526 g/mol. The number of anilines is 2. The van der Waals surface area contributed by atoms with Gasteiger partial charge in [0.05, 0.1) is 37.4 Å². The first-order valence-corrected chi connectivity index (χ1v) is 15.0. The Bertz CT molecular complexity index is 1500. The summed E-state index contributed by atoms with van der Waals surface area (Å²) in [4.78, 5) is 31.3. The summed E-state index contributed by atoms with van der Waals surface area (Å²) in [5.41, 5.74) is 3.32. The zero-order valence-electron chi connectivity index (χ0n) is 24.4. The number of fused-ring (bicyclic) bond motifs is 2. The zero-order valence-corrected chi connectivity index (χ0v) is 24.4. The number of hydrogen-bond donors (Lipinski definition) is 0. The Morgan fingerprint density at radius 2 is 1.95 bits per heavy atom. The number of piperazine rings is 1. The lowest BCUT2D eigenvalue weighted by atomic mass is 10.00. The van der Waals surface area contributed by atoms with Crippen LogP contribution < -0.4 is 14.5 Å². The zero-order chi connectivity index (χ0) is 29.1. The minimum Gasteiger partial charge on any atom is -0.463 e. The normalized spacial score (nSPS) is 21.1. The van der Waals surface area contributed by atoms with Crippen LogP contribution in [0.5, 0.6) is 6.01 Å². The van der Waals surface area contributed by atoms with Gasteiger partial charge in [-0.3, -0.25) is 4.79 Å². The molecule has 2 aromatic carbocycles. The van der Waals surface area contributed by atoms with Crippen LogP contribution >= 0.6 is 0 Å². The summed E-state index contributed by atoms with van der Waals surface area (Å²) in [6, 6.07) is 17.4. The Hall–Kier alpha value is -4.16. The third kappa shape index (κ3) is 5.77. The van der Waals surface area contributed by atoms with Gasteiger partial charge in [0.25, 0.3) is 0 Å². The number of ether oxygens (including phenoxy) is 1. The van der Waals surface area contributed by atoms with Crippen molar-refractivity contribution < 1.29 is 9.53 Å². The summed E-state index contributed by atoms with van der Waals surface area (Å²) in [7, 11) is 2.16. The van der Waals surface area contributed by atoms with Gasteiger partial charge in [0, 0.05) is 55.3 Å². The Morgan fingerprint density at radius 3 is 2.79 bits per heavy atom. The van der Waals surface area contributed by atoms with Gasteiger partial charge in [0.15, 0.2) is 0 Å². The lowest BCUT2D eigenvalue weighted by molar-refractivity contribution is -0.128. The maximum atomic E-state index is 12.5. The number of carbonyl (C=O) groups excluding carboxylic acids is 1. The second-order valence-corrected chi connectivity index (χ2v) is 11.7. The molecule has 3 aliphatic heterocycles. The van der Waals surface area contributed by atoms with Gasteiger partial charge < -0.3 is 24.3 Å². The maximum absolute atomic E-state index is 12.5. The van der Waals surface area contributed by atoms with Crippen LogP contribution in [0.15, 0.2) is 55.1 Å². The van der Waals surface area contributed by atoms with Crippen molar-refractivity contribution in [2.45, 2.75) is 38.3 Å². The highest BCUT2D eigenvalue weighted by Gasteiger charge is 2.33. The third-order valence-corrected chi connectivity index (χ3v) is 8.87. The molecule has 6 rings (SSSR count). The molecule has 0 N–H and O–H groups in total. The monoisotopic (exact) mass is 565 g/mol. The van der Waals surface area contributed by atoms with Crippen molar-refractivity contribution in [3.8, 4) is 12.1 Å². The van der Waals surface area contributed by atoms with E-state index in [0.717, 1.165) is 49.6 Å². The quantitative estimate of drug-likeness (QED) is 0.397. The second kappa shape index (κ2) is 12.4. The molecule has 0 radical (unpaired) electrons. The molecule has 218 valence electrons. The lowest BCUT2D eigenvalue weighted by Gasteiger charge is -2.42. The van der Waals surface area contributed by atoms with E-state index in [1.807, 2.05) is 0 Å². The van der Waals surface area contributed by atoms with E-state index in [2.05, 4.69) is 76.9 Å². The van der Waals surface area contributed by atoms with E-state index in [1.165, 1.54) is 29.0 Å². The van der Waals surface area contributed by atoms with Crippen molar-refractivity contribution in [3.05, 3.63) is 66.4 Å². The standard InChI is InChI=1S/C33H39N7O2/c1-3-31(41)40-19-18-39(21-26(40)13-15-34)32-28-14-17-38(30-12-6-10-25-9-4-5-11-27(25)30)22-29(28)35-33(36-32)42-23-24-8-7-16-37(2)20-24/h3-6,9-12,24,26H,1,7-8,13-14,16-23H2,2H3/t24-,26+/m1/s1. The van der Waals surface area contributed by atoms with Crippen molar-refractivity contribution in [3.63, 3.8) is 0 Å². The number of aromatic nitrogens is 2. The first-order valence-electron chi connectivity index (χ1n) is 15.0. The van der Waals surface area contributed by atoms with Crippen molar-refractivity contribution in [2.75, 3.05) is 62.7 Å². The molecule has 0 bridgehead atoms. The van der Waals surface area contributed by atoms with Crippen molar-refractivity contribution in [1.29, 1.82) is 5.26 Å². The van der Waals surface area contributed by atoms with Gasteiger partial charge in [-0.25, -0.2) is 0 Å². The third-order valence-electron chi connectivity index (χ3n) is 8.87. The topological polar surface area (TPSA) is 88.8 Å². The van der Waals surface area contributed by atoms with Crippen LogP contribution in [0.25, 0.3) is 10.8 Å². The molecule has 3 aliphatic rings. The first kappa shape index (κ1) is 28.0. The van der Waals surface area contributed by atoms with Crippen LogP contribution in [0.2, 0.25) is 0 Å². The van der Waals surface area contributed by atoms with E-state index in [9.17, 15) is 10.1 Å². The molecule has 2 fully saturated rings. The summed E-state index contributed by atoms with van der Waals surface area (Å²) < 4.78 is 6.33. The van der Waals surface area contributed by atoms with Crippen molar-refractivity contribution in [2.24, 2.45) is 5.92 Å². The molecule has 1 aromatic heterocycles. The van der Waals surface area contributed by atoms with E-state index in [0.29, 0.717) is 44.7 Å². The summed E-state index contributed by atoms with van der Waals surface area (Å²) >= 11 is 0. The average molecular weight is 566 g/mol. The van der Waals surface area contributed by atoms with Crippen LogP contribution in [-0.2, 0) is 17.8 Å². The van der Waals surface area contributed by atoms with Gasteiger partial charge in [0.2, 0.25) is 5.91 Å². The number of likely N-dealkylation sites (tertiary alicyclic amines) is 1. The molecule has 0 saturated carbocycles. The predicted molar refractivity (Wildman–Crippen MR) is 165 cm³/mol. The smallest absolute Gasteiger partial charge is 0.318 e. The molecule has 4 heterocycles. The number of carbonyl (C=O) groups is 1. The van der Waals surface area contributed by atoms with Crippen molar-refractivity contribution >= 4 is 28.2 Å². The molecule has 2 saturated heterocycles. The number of hydrogen-bond acceptors (Lipinski definition) is 8. The first-order chi connectivity index (χ1) is 20.5. The number of rotatable bonds is 7.